The molecule has 1 rings (SSSR count). The average Bonchev–Trinajstić information content (AvgIpc) is 2.60. The number of hydrogen-bond acceptors (Lipinski definition) is 3. The molecule has 0 amide bonds. The standard InChI is InChI=1S/C19H32O3Si/c1-4-15-20-23(21-16-5-2,22-17-6-3)18-11-10-14-19-12-8-7-9-13-19/h7-10,12-14H,4-6,11,15-18H2,1-3H3. The van der Waals surface area contributed by atoms with Crippen molar-refractivity contribution in [3.05, 3.63) is 42.0 Å². The lowest BCUT2D eigenvalue weighted by atomic mass is 10.2. The Morgan fingerprint density at radius 1 is 0.826 bits per heavy atom. The average molecular weight is 337 g/mol. The third kappa shape index (κ3) is 8.46. The fourth-order valence-electron chi connectivity index (χ4n) is 2.16. The van der Waals surface area contributed by atoms with E-state index in [-0.39, 0.29) is 0 Å². The first-order valence-electron chi connectivity index (χ1n) is 8.89. The van der Waals surface area contributed by atoms with E-state index in [1.54, 1.807) is 0 Å². The molecule has 0 unspecified atom stereocenters. The SMILES string of the molecule is CCCO[Si](CCC=Cc1ccccc1)(OCCC)OCCC. The Hall–Kier alpha value is -0.943. The van der Waals surface area contributed by atoms with Crippen molar-refractivity contribution in [2.75, 3.05) is 19.8 Å². The quantitative estimate of drug-likeness (QED) is 0.457. The monoisotopic (exact) mass is 336 g/mol. The summed E-state index contributed by atoms with van der Waals surface area (Å²) in [6.07, 6.45) is 8.21. The Morgan fingerprint density at radius 3 is 1.83 bits per heavy atom. The summed E-state index contributed by atoms with van der Waals surface area (Å²) in [5, 5.41) is 0. The molecule has 0 atom stereocenters. The van der Waals surface area contributed by atoms with Gasteiger partial charge in [-0.3, -0.25) is 0 Å². The predicted octanol–water partition coefficient (Wildman–Crippen LogP) is 5.31. The van der Waals surface area contributed by atoms with Crippen LogP contribution in [-0.2, 0) is 13.3 Å². The van der Waals surface area contributed by atoms with Gasteiger partial charge < -0.3 is 13.3 Å². The van der Waals surface area contributed by atoms with Gasteiger partial charge in [0.2, 0.25) is 0 Å². The molecule has 0 saturated heterocycles. The molecule has 130 valence electrons. The Kier molecular flexibility index (Phi) is 10.9. The lowest BCUT2D eigenvalue weighted by Crippen LogP contribution is -2.46. The lowest BCUT2D eigenvalue weighted by molar-refractivity contribution is 0.0595. The van der Waals surface area contributed by atoms with Gasteiger partial charge in [0, 0.05) is 25.9 Å². The molecule has 0 aliphatic rings. The minimum atomic E-state index is -2.55. The highest BCUT2D eigenvalue weighted by atomic mass is 28.4. The van der Waals surface area contributed by atoms with Crippen LogP contribution < -0.4 is 0 Å². The maximum Gasteiger partial charge on any atom is 0.501 e. The van der Waals surface area contributed by atoms with Crippen LogP contribution in [0.5, 0.6) is 0 Å². The van der Waals surface area contributed by atoms with Gasteiger partial charge in [0.25, 0.3) is 0 Å². The minimum Gasteiger partial charge on any atom is -0.373 e. The number of allylic oxidation sites excluding steroid dienone is 1. The normalized spacial score (nSPS) is 12.1. The lowest BCUT2D eigenvalue weighted by Gasteiger charge is -2.29. The summed E-state index contributed by atoms with van der Waals surface area (Å²) in [4.78, 5) is 0. The van der Waals surface area contributed by atoms with Gasteiger partial charge in [0.15, 0.2) is 0 Å². The molecular formula is C19H32O3Si. The zero-order valence-corrected chi connectivity index (χ0v) is 15.9. The third-order valence-electron chi connectivity index (χ3n) is 3.31. The van der Waals surface area contributed by atoms with Crippen molar-refractivity contribution in [2.24, 2.45) is 0 Å². The van der Waals surface area contributed by atoms with Crippen molar-refractivity contribution < 1.29 is 13.3 Å². The smallest absolute Gasteiger partial charge is 0.373 e. The predicted molar refractivity (Wildman–Crippen MR) is 99.4 cm³/mol. The number of rotatable bonds is 13. The molecule has 1 aromatic carbocycles. The Morgan fingerprint density at radius 2 is 1.35 bits per heavy atom. The van der Waals surface area contributed by atoms with E-state index in [0.717, 1.165) is 31.7 Å². The maximum absolute atomic E-state index is 6.10. The van der Waals surface area contributed by atoms with E-state index in [2.05, 4.69) is 57.2 Å². The second-order valence-corrected chi connectivity index (χ2v) is 8.31. The second-order valence-electron chi connectivity index (χ2n) is 5.58. The first kappa shape index (κ1) is 20.1. The fraction of sp³-hybridized carbons (Fsp3) is 0.579. The molecular weight excluding hydrogens is 304 g/mol. The summed E-state index contributed by atoms with van der Waals surface area (Å²) >= 11 is 0. The highest BCUT2D eigenvalue weighted by Crippen LogP contribution is 2.20. The van der Waals surface area contributed by atoms with E-state index >= 15 is 0 Å². The molecule has 3 nitrogen and oxygen atoms in total. The summed E-state index contributed by atoms with van der Waals surface area (Å²) in [7, 11) is -2.55. The Bertz CT molecular complexity index is 398. The van der Waals surface area contributed by atoms with Crippen LogP contribution in [0.15, 0.2) is 36.4 Å². The molecule has 23 heavy (non-hydrogen) atoms. The summed E-state index contributed by atoms with van der Waals surface area (Å²) in [6.45, 7) is 8.49. The van der Waals surface area contributed by atoms with Crippen LogP contribution in [0.4, 0.5) is 0 Å². The van der Waals surface area contributed by atoms with Crippen molar-refractivity contribution in [2.45, 2.75) is 52.5 Å². The van der Waals surface area contributed by atoms with Gasteiger partial charge in [0.05, 0.1) is 0 Å². The van der Waals surface area contributed by atoms with Crippen LogP contribution in [0.3, 0.4) is 0 Å². The second kappa shape index (κ2) is 12.5. The van der Waals surface area contributed by atoms with Gasteiger partial charge >= 0.3 is 8.80 Å². The van der Waals surface area contributed by atoms with E-state index in [9.17, 15) is 0 Å². The van der Waals surface area contributed by atoms with Crippen LogP contribution >= 0.6 is 0 Å². The Balaban J connectivity index is 2.62. The molecule has 0 aliphatic carbocycles. The molecule has 0 radical (unpaired) electrons. The van der Waals surface area contributed by atoms with E-state index in [1.165, 1.54) is 5.56 Å². The van der Waals surface area contributed by atoms with Crippen molar-refractivity contribution in [1.82, 2.24) is 0 Å². The molecule has 0 aliphatic heterocycles. The Labute approximate surface area is 143 Å². The molecule has 0 saturated carbocycles. The van der Waals surface area contributed by atoms with E-state index in [1.807, 2.05) is 6.07 Å². The van der Waals surface area contributed by atoms with E-state index in [4.69, 9.17) is 13.3 Å². The van der Waals surface area contributed by atoms with E-state index in [0.29, 0.717) is 19.8 Å². The number of hydrogen-bond donors (Lipinski definition) is 0. The molecule has 4 heteroatoms. The summed E-state index contributed by atoms with van der Waals surface area (Å²) < 4.78 is 18.3. The third-order valence-corrected chi connectivity index (χ3v) is 6.14. The molecule has 0 spiro atoms. The molecule has 0 bridgehead atoms. The van der Waals surface area contributed by atoms with Crippen LogP contribution in [0.25, 0.3) is 6.08 Å². The van der Waals surface area contributed by atoms with E-state index < -0.39 is 8.80 Å². The largest absolute Gasteiger partial charge is 0.501 e. The van der Waals surface area contributed by atoms with Crippen molar-refractivity contribution in [3.63, 3.8) is 0 Å². The van der Waals surface area contributed by atoms with Crippen molar-refractivity contribution in [1.29, 1.82) is 0 Å². The summed E-state index contributed by atoms with van der Waals surface area (Å²) in [5.41, 5.74) is 1.22. The number of benzene rings is 1. The zero-order valence-electron chi connectivity index (χ0n) is 14.9. The van der Waals surface area contributed by atoms with Gasteiger partial charge in [-0.25, -0.2) is 0 Å². The molecule has 0 fully saturated rings. The minimum absolute atomic E-state index is 0.710. The summed E-state index contributed by atoms with van der Waals surface area (Å²) in [6, 6.07) is 11.2. The van der Waals surface area contributed by atoms with Crippen molar-refractivity contribution in [3.8, 4) is 0 Å². The van der Waals surface area contributed by atoms with Crippen LogP contribution in [0, 0.1) is 0 Å². The molecule has 1 aromatic rings. The van der Waals surface area contributed by atoms with Crippen LogP contribution in [-0.4, -0.2) is 28.6 Å². The first-order valence-corrected chi connectivity index (χ1v) is 10.8. The summed E-state index contributed by atoms with van der Waals surface area (Å²) in [5.74, 6) is 0. The first-order chi connectivity index (χ1) is 11.3. The van der Waals surface area contributed by atoms with Gasteiger partial charge in [-0.1, -0.05) is 63.3 Å². The topological polar surface area (TPSA) is 27.7 Å². The molecule has 0 heterocycles. The zero-order chi connectivity index (χ0) is 16.8. The van der Waals surface area contributed by atoms with Gasteiger partial charge in [-0.15, -0.1) is 0 Å². The van der Waals surface area contributed by atoms with Gasteiger partial charge in [-0.05, 0) is 31.2 Å². The molecule has 0 N–H and O–H groups in total. The molecule has 0 aromatic heterocycles. The van der Waals surface area contributed by atoms with Crippen molar-refractivity contribution >= 4 is 14.9 Å². The highest BCUT2D eigenvalue weighted by molar-refractivity contribution is 6.60. The van der Waals surface area contributed by atoms with Gasteiger partial charge in [0.1, 0.15) is 0 Å². The van der Waals surface area contributed by atoms with Crippen LogP contribution in [0.2, 0.25) is 6.04 Å². The maximum atomic E-state index is 6.10. The highest BCUT2D eigenvalue weighted by Gasteiger charge is 2.40. The van der Waals surface area contributed by atoms with Crippen LogP contribution in [0.1, 0.15) is 52.0 Å². The van der Waals surface area contributed by atoms with Gasteiger partial charge in [-0.2, -0.15) is 0 Å². The fourth-order valence-corrected chi connectivity index (χ4v) is 4.91.